The zero-order valence-electron chi connectivity index (χ0n) is 10.1. The van der Waals surface area contributed by atoms with E-state index in [-0.39, 0.29) is 18.2 Å². The number of nitrogens with one attached hydrogen (secondary N) is 1. The smallest absolute Gasteiger partial charge is 0.251 e. The Morgan fingerprint density at radius 1 is 1.26 bits per heavy atom. The third-order valence-electron chi connectivity index (χ3n) is 2.48. The molecule has 0 saturated heterocycles. The van der Waals surface area contributed by atoms with E-state index < -0.39 is 10.0 Å². The molecule has 0 radical (unpaired) electrons. The molecule has 0 spiro atoms. The summed E-state index contributed by atoms with van der Waals surface area (Å²) in [7, 11) is -3.58. The molecule has 3 N–H and O–H groups in total. The monoisotopic (exact) mass is 286 g/mol. The Kier molecular flexibility index (Phi) is 3.91. The maximum absolute atomic E-state index is 11.8. The van der Waals surface area contributed by atoms with Gasteiger partial charge in [0.2, 0.25) is 10.0 Å². The zero-order valence-corrected chi connectivity index (χ0v) is 10.9. The summed E-state index contributed by atoms with van der Waals surface area (Å²) in [5.74, 6) is 0.404. The maximum Gasteiger partial charge on any atom is 0.251 e. The Morgan fingerprint density at radius 2 is 1.95 bits per heavy atom. The van der Waals surface area contributed by atoms with Gasteiger partial charge in [0, 0.05) is 12.1 Å². The number of carbonyl (C=O) groups excluding carboxylic acids is 1. The quantitative estimate of drug-likeness (QED) is 0.774. The van der Waals surface area contributed by atoms with Crippen molar-refractivity contribution >= 4 is 15.9 Å². The number of rotatable bonds is 4. The van der Waals surface area contributed by atoms with Gasteiger partial charge < -0.3 is 14.8 Å². The molecule has 1 aromatic rings. The number of fused-ring (bicyclic) bond motifs is 1. The summed E-state index contributed by atoms with van der Waals surface area (Å²) in [6.45, 7) is 0.877. The van der Waals surface area contributed by atoms with Crippen LogP contribution in [0.2, 0.25) is 0 Å². The molecule has 7 nitrogen and oxygen atoms in total. The van der Waals surface area contributed by atoms with Gasteiger partial charge in [-0.25, -0.2) is 13.6 Å². The van der Waals surface area contributed by atoms with Gasteiger partial charge in [-0.2, -0.15) is 0 Å². The molecule has 2 rings (SSSR count). The number of benzene rings is 1. The molecule has 0 unspecified atom stereocenters. The molecule has 0 aliphatic carbocycles. The van der Waals surface area contributed by atoms with E-state index in [1.165, 1.54) is 0 Å². The number of hydrogen-bond donors (Lipinski definition) is 2. The van der Waals surface area contributed by atoms with Crippen LogP contribution in [0.4, 0.5) is 0 Å². The number of nitrogens with two attached hydrogens (primary N) is 1. The van der Waals surface area contributed by atoms with E-state index in [2.05, 4.69) is 5.32 Å². The molecule has 1 aliphatic rings. The van der Waals surface area contributed by atoms with Crippen LogP contribution in [0.25, 0.3) is 0 Å². The lowest BCUT2D eigenvalue weighted by Gasteiger charge is -2.18. The fourth-order valence-corrected chi connectivity index (χ4v) is 1.98. The van der Waals surface area contributed by atoms with Gasteiger partial charge in [-0.15, -0.1) is 0 Å². The number of carbonyl (C=O) groups is 1. The molecule has 1 aromatic carbocycles. The second kappa shape index (κ2) is 5.45. The van der Waals surface area contributed by atoms with Crippen LogP contribution in [0.15, 0.2) is 18.2 Å². The van der Waals surface area contributed by atoms with Crippen LogP contribution in [0.3, 0.4) is 0 Å². The Labute approximate surface area is 110 Å². The van der Waals surface area contributed by atoms with Gasteiger partial charge in [0.1, 0.15) is 13.2 Å². The van der Waals surface area contributed by atoms with Crippen molar-refractivity contribution in [1.29, 1.82) is 0 Å². The first-order chi connectivity index (χ1) is 8.96. The SMILES string of the molecule is NS(=O)(=O)CCNC(=O)c1ccc2c(c1)OCCO2. The van der Waals surface area contributed by atoms with Crippen molar-refractivity contribution in [3.63, 3.8) is 0 Å². The molecule has 104 valence electrons. The van der Waals surface area contributed by atoms with E-state index in [0.29, 0.717) is 30.3 Å². The molecule has 19 heavy (non-hydrogen) atoms. The molecule has 0 atom stereocenters. The summed E-state index contributed by atoms with van der Waals surface area (Å²) in [5.41, 5.74) is 0.374. The Hall–Kier alpha value is -1.80. The van der Waals surface area contributed by atoms with Gasteiger partial charge in [0.15, 0.2) is 11.5 Å². The van der Waals surface area contributed by atoms with E-state index in [1.807, 2.05) is 0 Å². The zero-order chi connectivity index (χ0) is 13.9. The van der Waals surface area contributed by atoms with E-state index in [1.54, 1.807) is 18.2 Å². The highest BCUT2D eigenvalue weighted by Gasteiger charge is 2.15. The number of amides is 1. The van der Waals surface area contributed by atoms with Crippen LogP contribution in [0, 0.1) is 0 Å². The summed E-state index contributed by atoms with van der Waals surface area (Å²) in [4.78, 5) is 11.8. The Balaban J connectivity index is 1.99. The minimum atomic E-state index is -3.58. The third kappa shape index (κ3) is 3.83. The lowest BCUT2D eigenvalue weighted by molar-refractivity contribution is 0.0955. The summed E-state index contributed by atoms with van der Waals surface area (Å²) in [5, 5.41) is 7.30. The van der Waals surface area contributed by atoms with Crippen LogP contribution >= 0.6 is 0 Å². The second-order valence-corrected chi connectivity index (χ2v) is 5.72. The summed E-state index contributed by atoms with van der Waals surface area (Å²) in [6.07, 6.45) is 0. The predicted octanol–water partition coefficient (Wildman–Crippen LogP) is -0.524. The predicted molar refractivity (Wildman–Crippen MR) is 67.7 cm³/mol. The first-order valence-electron chi connectivity index (χ1n) is 5.64. The average molecular weight is 286 g/mol. The molecule has 8 heteroatoms. The number of hydrogen-bond acceptors (Lipinski definition) is 5. The topological polar surface area (TPSA) is 108 Å². The van der Waals surface area contributed by atoms with Crippen LogP contribution in [-0.2, 0) is 10.0 Å². The van der Waals surface area contributed by atoms with E-state index in [0.717, 1.165) is 0 Å². The average Bonchev–Trinajstić information content (AvgIpc) is 2.36. The van der Waals surface area contributed by atoms with Crippen molar-refractivity contribution in [3.05, 3.63) is 23.8 Å². The molecule has 0 aromatic heterocycles. The van der Waals surface area contributed by atoms with Gasteiger partial charge in [0.25, 0.3) is 5.91 Å². The van der Waals surface area contributed by atoms with Crippen molar-refractivity contribution in [3.8, 4) is 11.5 Å². The van der Waals surface area contributed by atoms with Crippen molar-refractivity contribution < 1.29 is 22.7 Å². The highest BCUT2D eigenvalue weighted by atomic mass is 32.2. The van der Waals surface area contributed by atoms with Crippen molar-refractivity contribution in [2.75, 3.05) is 25.5 Å². The van der Waals surface area contributed by atoms with Crippen LogP contribution in [0.5, 0.6) is 11.5 Å². The second-order valence-electron chi connectivity index (χ2n) is 3.98. The Bertz CT molecular complexity index is 585. The van der Waals surface area contributed by atoms with Crippen molar-refractivity contribution in [2.24, 2.45) is 5.14 Å². The molecular weight excluding hydrogens is 272 g/mol. The molecule has 0 saturated carbocycles. The van der Waals surface area contributed by atoms with Crippen molar-refractivity contribution in [1.82, 2.24) is 5.32 Å². The maximum atomic E-state index is 11.8. The van der Waals surface area contributed by atoms with Gasteiger partial charge in [-0.1, -0.05) is 0 Å². The van der Waals surface area contributed by atoms with Gasteiger partial charge in [-0.3, -0.25) is 4.79 Å². The third-order valence-corrected chi connectivity index (χ3v) is 3.25. The normalized spacial score (nSPS) is 13.9. The highest BCUT2D eigenvalue weighted by molar-refractivity contribution is 7.89. The van der Waals surface area contributed by atoms with Gasteiger partial charge in [0.05, 0.1) is 5.75 Å². The molecule has 0 fully saturated rings. The lowest BCUT2D eigenvalue weighted by atomic mass is 10.2. The minimum absolute atomic E-state index is 0.0356. The van der Waals surface area contributed by atoms with Crippen LogP contribution in [-0.4, -0.2) is 39.8 Å². The van der Waals surface area contributed by atoms with Crippen molar-refractivity contribution in [2.45, 2.75) is 0 Å². The lowest BCUT2D eigenvalue weighted by Crippen LogP contribution is -2.31. The molecule has 0 bridgehead atoms. The fraction of sp³-hybridized carbons (Fsp3) is 0.364. The number of sulfonamides is 1. The Morgan fingerprint density at radius 3 is 2.63 bits per heavy atom. The first kappa shape index (κ1) is 13.6. The summed E-state index contributed by atoms with van der Waals surface area (Å²) < 4.78 is 32.1. The first-order valence-corrected chi connectivity index (χ1v) is 7.35. The molecule has 1 amide bonds. The standard InChI is InChI=1S/C11H14N2O5S/c12-19(15,16)6-3-13-11(14)8-1-2-9-10(7-8)18-5-4-17-9/h1-2,7H,3-6H2,(H,13,14)(H2,12,15,16). The van der Waals surface area contributed by atoms with Crippen LogP contribution in [0.1, 0.15) is 10.4 Å². The van der Waals surface area contributed by atoms with Crippen LogP contribution < -0.4 is 19.9 Å². The molecular formula is C11H14N2O5S. The van der Waals surface area contributed by atoms with Gasteiger partial charge >= 0.3 is 0 Å². The summed E-state index contributed by atoms with van der Waals surface area (Å²) in [6, 6.07) is 4.78. The minimum Gasteiger partial charge on any atom is -0.486 e. The molecule has 1 aliphatic heterocycles. The van der Waals surface area contributed by atoms with E-state index in [4.69, 9.17) is 14.6 Å². The summed E-state index contributed by atoms with van der Waals surface area (Å²) >= 11 is 0. The van der Waals surface area contributed by atoms with E-state index in [9.17, 15) is 13.2 Å². The molecule has 1 heterocycles. The largest absolute Gasteiger partial charge is 0.486 e. The number of ether oxygens (including phenoxy) is 2. The highest BCUT2D eigenvalue weighted by Crippen LogP contribution is 2.30. The van der Waals surface area contributed by atoms with Gasteiger partial charge in [-0.05, 0) is 18.2 Å². The number of primary sulfonamides is 1. The van der Waals surface area contributed by atoms with E-state index >= 15 is 0 Å². The fourth-order valence-electron chi connectivity index (χ4n) is 1.59.